The Kier molecular flexibility index (Phi) is 5.11. The molecule has 0 saturated carbocycles. The molecule has 0 N–H and O–H groups in total. The van der Waals surface area contributed by atoms with Gasteiger partial charge < -0.3 is 14.2 Å². The van der Waals surface area contributed by atoms with Crippen LogP contribution in [0.5, 0.6) is 0 Å². The first-order valence-electron chi connectivity index (χ1n) is 8.91. The van der Waals surface area contributed by atoms with Crippen LogP contribution in [-0.2, 0) is 16.0 Å². The second-order valence-corrected chi connectivity index (χ2v) is 7.61. The lowest BCUT2D eigenvalue weighted by Gasteiger charge is -2.37. The molecule has 26 heavy (non-hydrogen) atoms. The molecule has 1 aromatic heterocycles. The molecule has 0 spiro atoms. The molecule has 0 atom stereocenters. The van der Waals surface area contributed by atoms with E-state index < -0.39 is 0 Å². The SMILES string of the molecule is CC(C)(C)C(=O)N1CCN(C(=O)Cc2coc(-c3ccccc3)n2)CC1. The van der Waals surface area contributed by atoms with E-state index in [-0.39, 0.29) is 23.7 Å². The Bertz CT molecular complexity index is 769. The predicted octanol–water partition coefficient (Wildman–Crippen LogP) is 2.60. The van der Waals surface area contributed by atoms with Crippen LogP contribution in [-0.4, -0.2) is 52.8 Å². The summed E-state index contributed by atoms with van der Waals surface area (Å²) in [5.41, 5.74) is 1.13. The number of aromatic nitrogens is 1. The minimum Gasteiger partial charge on any atom is -0.444 e. The molecule has 0 radical (unpaired) electrons. The Hall–Kier alpha value is -2.63. The molecular formula is C20H25N3O3. The number of hydrogen-bond acceptors (Lipinski definition) is 4. The van der Waals surface area contributed by atoms with Crippen LogP contribution in [0.15, 0.2) is 41.0 Å². The largest absolute Gasteiger partial charge is 0.444 e. The van der Waals surface area contributed by atoms with Crippen molar-refractivity contribution in [3.05, 3.63) is 42.3 Å². The minimum absolute atomic E-state index is 0.0146. The topological polar surface area (TPSA) is 66.7 Å². The summed E-state index contributed by atoms with van der Waals surface area (Å²) in [6.07, 6.45) is 1.75. The summed E-state index contributed by atoms with van der Waals surface area (Å²) < 4.78 is 5.49. The molecule has 2 heterocycles. The number of piperazine rings is 1. The fraction of sp³-hybridized carbons (Fsp3) is 0.450. The predicted molar refractivity (Wildman–Crippen MR) is 98.3 cm³/mol. The van der Waals surface area contributed by atoms with Crippen LogP contribution in [0.25, 0.3) is 11.5 Å². The molecule has 1 aliphatic heterocycles. The van der Waals surface area contributed by atoms with E-state index in [9.17, 15) is 9.59 Å². The molecule has 0 aliphatic carbocycles. The quantitative estimate of drug-likeness (QED) is 0.849. The van der Waals surface area contributed by atoms with Gasteiger partial charge in [0.1, 0.15) is 6.26 Å². The maximum Gasteiger partial charge on any atom is 0.228 e. The van der Waals surface area contributed by atoms with Gasteiger partial charge in [0.05, 0.1) is 12.1 Å². The summed E-state index contributed by atoms with van der Waals surface area (Å²) in [6, 6.07) is 9.61. The average Bonchev–Trinajstić information content (AvgIpc) is 3.09. The van der Waals surface area contributed by atoms with Gasteiger partial charge in [0, 0.05) is 37.2 Å². The third-order valence-electron chi connectivity index (χ3n) is 4.47. The molecule has 6 nitrogen and oxygen atoms in total. The van der Waals surface area contributed by atoms with E-state index in [4.69, 9.17) is 4.42 Å². The molecule has 0 bridgehead atoms. The Morgan fingerprint density at radius 1 is 1.04 bits per heavy atom. The molecule has 1 aliphatic rings. The third-order valence-corrected chi connectivity index (χ3v) is 4.47. The lowest BCUT2D eigenvalue weighted by atomic mass is 9.94. The van der Waals surface area contributed by atoms with Gasteiger partial charge in [-0.2, -0.15) is 0 Å². The van der Waals surface area contributed by atoms with Crippen LogP contribution >= 0.6 is 0 Å². The van der Waals surface area contributed by atoms with Crippen LogP contribution in [0.2, 0.25) is 0 Å². The van der Waals surface area contributed by atoms with Crippen LogP contribution in [0.4, 0.5) is 0 Å². The Morgan fingerprint density at radius 2 is 1.65 bits per heavy atom. The number of amides is 2. The van der Waals surface area contributed by atoms with Crippen LogP contribution in [0, 0.1) is 5.41 Å². The number of carbonyl (C=O) groups excluding carboxylic acids is 2. The average molecular weight is 355 g/mol. The van der Waals surface area contributed by atoms with E-state index in [0.717, 1.165) is 5.56 Å². The highest BCUT2D eigenvalue weighted by Crippen LogP contribution is 2.20. The van der Waals surface area contributed by atoms with Gasteiger partial charge in [0.2, 0.25) is 17.7 Å². The van der Waals surface area contributed by atoms with Gasteiger partial charge in [-0.15, -0.1) is 0 Å². The third kappa shape index (κ3) is 4.12. The summed E-state index contributed by atoms with van der Waals surface area (Å²) in [5.74, 6) is 0.670. The Labute approximate surface area is 153 Å². The van der Waals surface area contributed by atoms with Gasteiger partial charge in [-0.3, -0.25) is 9.59 Å². The normalized spacial score (nSPS) is 15.2. The van der Waals surface area contributed by atoms with E-state index in [1.807, 2.05) is 56.0 Å². The summed E-state index contributed by atoms with van der Waals surface area (Å²) in [4.78, 5) is 32.9. The molecule has 138 valence electrons. The van der Waals surface area contributed by atoms with Gasteiger partial charge in [0.15, 0.2) is 0 Å². The van der Waals surface area contributed by atoms with Crippen molar-refractivity contribution in [1.29, 1.82) is 0 Å². The van der Waals surface area contributed by atoms with Crippen LogP contribution in [0.3, 0.4) is 0 Å². The molecule has 0 unspecified atom stereocenters. The zero-order valence-corrected chi connectivity index (χ0v) is 15.6. The van der Waals surface area contributed by atoms with Gasteiger partial charge >= 0.3 is 0 Å². The van der Waals surface area contributed by atoms with Crippen molar-refractivity contribution in [3.8, 4) is 11.5 Å². The Balaban J connectivity index is 1.55. The van der Waals surface area contributed by atoms with E-state index in [1.165, 1.54) is 0 Å². The molecule has 2 aromatic rings. The minimum atomic E-state index is -0.388. The van der Waals surface area contributed by atoms with E-state index >= 15 is 0 Å². The van der Waals surface area contributed by atoms with Crippen molar-refractivity contribution in [2.45, 2.75) is 27.2 Å². The van der Waals surface area contributed by atoms with Crippen molar-refractivity contribution < 1.29 is 14.0 Å². The van der Waals surface area contributed by atoms with Crippen LogP contribution in [0.1, 0.15) is 26.5 Å². The zero-order chi connectivity index (χ0) is 18.7. The number of carbonyl (C=O) groups is 2. The first kappa shape index (κ1) is 18.2. The molecule has 2 amide bonds. The zero-order valence-electron chi connectivity index (χ0n) is 15.6. The molecule has 1 saturated heterocycles. The molecular weight excluding hydrogens is 330 g/mol. The van der Waals surface area contributed by atoms with E-state index in [2.05, 4.69) is 4.98 Å². The van der Waals surface area contributed by atoms with Gasteiger partial charge in [-0.1, -0.05) is 39.0 Å². The first-order valence-corrected chi connectivity index (χ1v) is 8.91. The summed E-state index contributed by atoms with van der Waals surface area (Å²) in [6.45, 7) is 8.03. The molecule has 6 heteroatoms. The van der Waals surface area contributed by atoms with Gasteiger partial charge in [0.25, 0.3) is 0 Å². The lowest BCUT2D eigenvalue weighted by molar-refractivity contribution is -0.144. The molecule has 3 rings (SSSR count). The first-order chi connectivity index (χ1) is 12.3. The summed E-state index contributed by atoms with van der Waals surface area (Å²) in [5, 5.41) is 0. The van der Waals surface area contributed by atoms with Gasteiger partial charge in [-0.05, 0) is 12.1 Å². The second-order valence-electron chi connectivity index (χ2n) is 7.61. The van der Waals surface area contributed by atoms with Crippen molar-refractivity contribution in [2.24, 2.45) is 5.41 Å². The Morgan fingerprint density at radius 3 is 2.27 bits per heavy atom. The highest BCUT2D eigenvalue weighted by molar-refractivity contribution is 5.82. The highest BCUT2D eigenvalue weighted by atomic mass is 16.3. The fourth-order valence-corrected chi connectivity index (χ4v) is 3.00. The van der Waals surface area contributed by atoms with Crippen molar-refractivity contribution in [2.75, 3.05) is 26.2 Å². The summed E-state index contributed by atoms with van der Waals surface area (Å²) in [7, 11) is 0. The smallest absolute Gasteiger partial charge is 0.228 e. The van der Waals surface area contributed by atoms with Crippen LogP contribution < -0.4 is 0 Å². The van der Waals surface area contributed by atoms with Crippen molar-refractivity contribution in [1.82, 2.24) is 14.8 Å². The molecule has 1 aromatic carbocycles. The maximum absolute atomic E-state index is 12.5. The number of rotatable bonds is 3. The molecule has 1 fully saturated rings. The maximum atomic E-state index is 12.5. The monoisotopic (exact) mass is 355 g/mol. The van der Waals surface area contributed by atoms with E-state index in [1.54, 1.807) is 11.2 Å². The standard InChI is InChI=1S/C20H25N3O3/c1-20(2,3)19(25)23-11-9-22(10-12-23)17(24)13-16-14-26-18(21-16)15-7-5-4-6-8-15/h4-8,14H,9-13H2,1-3H3. The van der Waals surface area contributed by atoms with Crippen molar-refractivity contribution >= 4 is 11.8 Å². The van der Waals surface area contributed by atoms with E-state index in [0.29, 0.717) is 37.8 Å². The number of nitrogens with zero attached hydrogens (tertiary/aromatic N) is 3. The number of oxazole rings is 1. The number of benzene rings is 1. The second kappa shape index (κ2) is 7.32. The summed E-state index contributed by atoms with van der Waals surface area (Å²) >= 11 is 0. The fourth-order valence-electron chi connectivity index (χ4n) is 3.00. The van der Waals surface area contributed by atoms with Gasteiger partial charge in [-0.25, -0.2) is 4.98 Å². The van der Waals surface area contributed by atoms with Crippen molar-refractivity contribution in [3.63, 3.8) is 0 Å². The lowest BCUT2D eigenvalue weighted by Crippen LogP contribution is -2.53. The highest BCUT2D eigenvalue weighted by Gasteiger charge is 2.30. The number of hydrogen-bond donors (Lipinski definition) is 0.